The first-order valence-corrected chi connectivity index (χ1v) is 25.5. The van der Waals surface area contributed by atoms with Crippen LogP contribution in [0.15, 0.2) is 97.1 Å². The number of halogens is 2. The summed E-state index contributed by atoms with van der Waals surface area (Å²) in [7, 11) is 11.0. The van der Waals surface area contributed by atoms with Gasteiger partial charge in [-0.05, 0) is 39.5 Å². The average molecular weight is 785 g/mol. The van der Waals surface area contributed by atoms with Crippen LogP contribution in [0.4, 0.5) is 0 Å². The fraction of sp³-hybridized carbons (Fsp3) is 0.333. The molecule has 0 bridgehead atoms. The first-order valence-electron chi connectivity index (χ1n) is 17.2. The molecule has 6 aromatic carbocycles. The molecule has 256 valence electrons. The Morgan fingerprint density at radius 1 is 0.592 bits per heavy atom. The Balaban J connectivity index is 0.000000229. The molecule has 0 aliphatic rings. The molecule has 2 radical (unpaired) electrons. The summed E-state index contributed by atoms with van der Waals surface area (Å²) in [5.41, 5.74) is 14.0. The van der Waals surface area contributed by atoms with Crippen molar-refractivity contribution in [3.63, 3.8) is 0 Å². The maximum absolute atomic E-state index is 4.93. The fourth-order valence-corrected chi connectivity index (χ4v) is 6.10. The summed E-state index contributed by atoms with van der Waals surface area (Å²) in [5, 5.41) is 5.54. The molecule has 6 rings (SSSR count). The van der Waals surface area contributed by atoms with Crippen LogP contribution in [0.3, 0.4) is 0 Å². The van der Waals surface area contributed by atoms with E-state index in [2.05, 4.69) is 179 Å². The van der Waals surface area contributed by atoms with E-state index in [9.17, 15) is 0 Å². The molecule has 4 heteroatoms. The van der Waals surface area contributed by atoms with Gasteiger partial charge in [0, 0.05) is 9.52 Å². The van der Waals surface area contributed by atoms with Crippen molar-refractivity contribution in [2.24, 2.45) is 0 Å². The molecule has 0 fully saturated rings. The monoisotopic (exact) mass is 782 g/mol. The summed E-state index contributed by atoms with van der Waals surface area (Å²) in [6.07, 6.45) is 1.09. The number of aryl methyl sites for hydroxylation is 4. The third-order valence-corrected chi connectivity index (χ3v) is 8.95. The molecule has 0 unspecified atom stereocenters. The van der Waals surface area contributed by atoms with E-state index in [1.54, 1.807) is 0 Å². The van der Waals surface area contributed by atoms with E-state index in [1.165, 1.54) is 77.2 Å². The minimum absolute atomic E-state index is 0.205. The van der Waals surface area contributed by atoms with Crippen molar-refractivity contribution in [1.82, 2.24) is 0 Å². The van der Waals surface area contributed by atoms with Crippen molar-refractivity contribution in [1.29, 1.82) is 0 Å². The van der Waals surface area contributed by atoms with Crippen LogP contribution in [0.5, 0.6) is 0 Å². The minimum atomic E-state index is -0.826. The third kappa shape index (κ3) is 10.9. The van der Waals surface area contributed by atoms with Crippen molar-refractivity contribution in [3.05, 3.63) is 130 Å². The number of benzene rings is 4. The van der Waals surface area contributed by atoms with Gasteiger partial charge in [-0.25, -0.2) is 0 Å². The predicted molar refractivity (Wildman–Crippen MR) is 220 cm³/mol. The zero-order chi connectivity index (χ0) is 36.5. The van der Waals surface area contributed by atoms with E-state index >= 15 is 0 Å². The van der Waals surface area contributed by atoms with E-state index in [0.717, 1.165) is 15.9 Å². The standard InChI is InChI=1S/C22H25.C21H23.C2H6Si.2ClH.Zr/c1-6-16-13-20-15(2)7-12-19(21(20)14-16)17-8-10-18(11-9-17)22(3,4)5;1-14-12-19-15(2)6-11-18(20(19)13-14)16-7-9-17(10-8-16)21(3,4)5;1-3-2;;;/h7-14H,6H2,1-5H3;6-13H,1-5H3;1-2H3;2*1H;/q2*-1;;;;+4/p-2. The van der Waals surface area contributed by atoms with Gasteiger partial charge in [0.25, 0.3) is 0 Å². The van der Waals surface area contributed by atoms with Gasteiger partial charge in [-0.15, -0.1) is 68.1 Å². The van der Waals surface area contributed by atoms with Crippen molar-refractivity contribution in [2.75, 3.05) is 0 Å². The molecule has 0 N–H and O–H groups in total. The van der Waals surface area contributed by atoms with Crippen LogP contribution in [0.25, 0.3) is 43.8 Å². The van der Waals surface area contributed by atoms with Crippen LogP contribution in [0, 0.1) is 20.8 Å². The normalized spacial score (nSPS) is 11.1. The van der Waals surface area contributed by atoms with Crippen LogP contribution in [-0.2, 0) is 38.1 Å². The second-order valence-electron chi connectivity index (χ2n) is 15.0. The Hall–Kier alpha value is -2.22. The predicted octanol–water partition coefficient (Wildman–Crippen LogP) is 14.7. The van der Waals surface area contributed by atoms with E-state index in [0.29, 0.717) is 0 Å². The molecule has 49 heavy (non-hydrogen) atoms. The van der Waals surface area contributed by atoms with Crippen LogP contribution < -0.4 is 0 Å². The van der Waals surface area contributed by atoms with E-state index in [1.807, 2.05) is 0 Å². The van der Waals surface area contributed by atoms with Crippen LogP contribution in [0.1, 0.15) is 81.8 Å². The number of hydrogen-bond acceptors (Lipinski definition) is 0. The molecule has 0 saturated carbocycles. The Bertz CT molecular complexity index is 1910. The summed E-state index contributed by atoms with van der Waals surface area (Å²) < 4.78 is 0. The zero-order valence-electron chi connectivity index (χ0n) is 31.7. The molecule has 0 atom stereocenters. The van der Waals surface area contributed by atoms with E-state index < -0.39 is 20.8 Å². The van der Waals surface area contributed by atoms with Crippen molar-refractivity contribution in [3.8, 4) is 22.3 Å². The molecule has 0 aliphatic heterocycles. The maximum atomic E-state index is 4.93. The summed E-state index contributed by atoms with van der Waals surface area (Å²) >= 11 is -0.826. The van der Waals surface area contributed by atoms with Crippen molar-refractivity contribution < 1.29 is 20.8 Å². The molecule has 6 aromatic rings. The quantitative estimate of drug-likeness (QED) is 0.124. The molecule has 0 saturated heterocycles. The summed E-state index contributed by atoms with van der Waals surface area (Å²) in [4.78, 5) is 0. The van der Waals surface area contributed by atoms with Gasteiger partial charge in [0.1, 0.15) is 0 Å². The average Bonchev–Trinajstić information content (AvgIpc) is 3.67. The Kier molecular flexibility index (Phi) is 15.4. The molecule has 0 heterocycles. The first kappa shape index (κ1) is 41.2. The molecule has 0 aromatic heterocycles. The SMILES string of the molecule is CCc1cc2c(-c3ccc(C(C)(C)C)cc3)ccc(C)c2[cH-]1.C[Si]C.Cc1cc2c(-c3ccc(C(C)(C)C)cc3)ccc(C)c2[cH-]1.[Cl][Zr+2][Cl]. The Labute approximate surface area is 318 Å². The fourth-order valence-electron chi connectivity index (χ4n) is 6.10. The Morgan fingerprint density at radius 2 is 0.959 bits per heavy atom. The van der Waals surface area contributed by atoms with Crippen molar-refractivity contribution in [2.45, 2.75) is 99.6 Å². The number of rotatable bonds is 3. The Morgan fingerprint density at radius 3 is 1.33 bits per heavy atom. The number of hydrogen-bond donors (Lipinski definition) is 0. The van der Waals surface area contributed by atoms with Gasteiger partial charge in [-0.3, -0.25) is 0 Å². The van der Waals surface area contributed by atoms with Gasteiger partial charge in [0.15, 0.2) is 0 Å². The summed E-state index contributed by atoms with van der Waals surface area (Å²) in [5.74, 6) is 0. The molecule has 0 spiro atoms. The van der Waals surface area contributed by atoms with Crippen LogP contribution in [0.2, 0.25) is 13.1 Å². The van der Waals surface area contributed by atoms with Crippen LogP contribution >= 0.6 is 17.0 Å². The first-order chi connectivity index (χ1) is 23.1. The van der Waals surface area contributed by atoms with Gasteiger partial charge < -0.3 is 0 Å². The number of fused-ring (bicyclic) bond motifs is 2. The second-order valence-corrected chi connectivity index (χ2v) is 19.7. The third-order valence-electron chi connectivity index (χ3n) is 8.95. The van der Waals surface area contributed by atoms with E-state index in [-0.39, 0.29) is 10.8 Å². The molecule has 0 aliphatic carbocycles. The summed E-state index contributed by atoms with van der Waals surface area (Å²) in [6.45, 7) is 26.6. The van der Waals surface area contributed by atoms with Crippen molar-refractivity contribution >= 4 is 48.1 Å². The molecular weight excluding hydrogens is 731 g/mol. The summed E-state index contributed by atoms with van der Waals surface area (Å²) in [6, 6.07) is 36.4. The molecule has 0 amide bonds. The van der Waals surface area contributed by atoms with Gasteiger partial charge in [-0.1, -0.05) is 154 Å². The zero-order valence-corrected chi connectivity index (χ0v) is 36.7. The van der Waals surface area contributed by atoms with Gasteiger partial charge >= 0.3 is 37.9 Å². The molecular formula is C45H54Cl2SiZr. The second kappa shape index (κ2) is 18.3. The topological polar surface area (TPSA) is 0 Å². The van der Waals surface area contributed by atoms with Gasteiger partial charge in [0.05, 0.1) is 0 Å². The van der Waals surface area contributed by atoms with Gasteiger partial charge in [-0.2, -0.15) is 12.1 Å². The van der Waals surface area contributed by atoms with Crippen LogP contribution in [-0.4, -0.2) is 9.52 Å². The van der Waals surface area contributed by atoms with E-state index in [4.69, 9.17) is 17.0 Å². The molecule has 0 nitrogen and oxygen atoms in total. The van der Waals surface area contributed by atoms with Gasteiger partial charge in [0.2, 0.25) is 0 Å².